The van der Waals surface area contributed by atoms with E-state index in [0.717, 1.165) is 19.4 Å². The average molecular weight is 332 g/mol. The highest BCUT2D eigenvalue weighted by Gasteiger charge is 2.42. The number of carbonyl (C=O) groups is 1. The molecule has 0 radical (unpaired) electrons. The second-order valence-corrected chi connectivity index (χ2v) is 6.65. The summed E-state index contributed by atoms with van der Waals surface area (Å²) in [5.41, 5.74) is 8.60. The minimum atomic E-state index is -0.131. The highest BCUT2D eigenvalue weighted by molar-refractivity contribution is 6.35. The number of H-pyrrole nitrogens is 1. The van der Waals surface area contributed by atoms with Gasteiger partial charge >= 0.3 is 0 Å². The Morgan fingerprint density at radius 2 is 2.04 bits per heavy atom. The number of carbonyl (C=O) groups excluding carboxylic acids is 1. The minimum absolute atomic E-state index is 0.129. The lowest BCUT2D eigenvalue weighted by Gasteiger charge is -2.39. The molecule has 23 heavy (non-hydrogen) atoms. The first-order valence-corrected chi connectivity index (χ1v) is 8.10. The van der Waals surface area contributed by atoms with Crippen LogP contribution in [0.2, 0.25) is 5.02 Å². The molecule has 7 heteroatoms. The zero-order valence-corrected chi connectivity index (χ0v) is 13.4. The number of aromatic amines is 1. The molecule has 120 valence electrons. The third kappa shape index (κ3) is 2.16. The Labute approximate surface area is 139 Å². The number of para-hydroxylation sites is 1. The summed E-state index contributed by atoms with van der Waals surface area (Å²) in [5.74, 6) is 0.0331. The zero-order valence-electron chi connectivity index (χ0n) is 12.6. The van der Waals surface area contributed by atoms with E-state index in [9.17, 15) is 4.79 Å². The van der Waals surface area contributed by atoms with Crippen LogP contribution < -0.4 is 11.1 Å². The molecule has 0 bridgehead atoms. The molecule has 3 heterocycles. The van der Waals surface area contributed by atoms with Crippen LogP contribution in [0.3, 0.4) is 0 Å². The predicted octanol–water partition coefficient (Wildman–Crippen LogP) is 2.24. The van der Waals surface area contributed by atoms with E-state index in [0.29, 0.717) is 13.1 Å². The standard InChI is InChI=1S/C16H18ClN5O/c17-12-13(20-21-14(12)18)15(23)22-7-5-16(6-8-22)9-19-11-4-2-1-3-10(11)16/h1-4,19H,5-9H2,(H3,18,20,21). The topological polar surface area (TPSA) is 87.0 Å². The zero-order chi connectivity index (χ0) is 16.0. The number of nitrogens with one attached hydrogen (secondary N) is 2. The van der Waals surface area contributed by atoms with E-state index < -0.39 is 0 Å². The fourth-order valence-corrected chi connectivity index (χ4v) is 3.85. The average Bonchev–Trinajstić information content (AvgIpc) is 3.10. The third-order valence-electron chi connectivity index (χ3n) is 5.07. The van der Waals surface area contributed by atoms with Gasteiger partial charge in [-0.15, -0.1) is 0 Å². The lowest BCUT2D eigenvalue weighted by molar-refractivity contribution is 0.0670. The Morgan fingerprint density at radius 1 is 1.30 bits per heavy atom. The number of aromatic nitrogens is 2. The monoisotopic (exact) mass is 331 g/mol. The number of halogens is 1. The maximum Gasteiger partial charge on any atom is 0.273 e. The molecule has 1 aromatic heterocycles. The smallest absolute Gasteiger partial charge is 0.273 e. The van der Waals surface area contributed by atoms with Gasteiger partial charge in [0.05, 0.1) is 0 Å². The number of likely N-dealkylation sites (tertiary alicyclic amines) is 1. The van der Waals surface area contributed by atoms with Crippen molar-refractivity contribution in [2.75, 3.05) is 30.7 Å². The van der Waals surface area contributed by atoms with E-state index in [-0.39, 0.29) is 27.9 Å². The summed E-state index contributed by atoms with van der Waals surface area (Å²) < 4.78 is 0. The van der Waals surface area contributed by atoms with Crippen molar-refractivity contribution < 1.29 is 4.79 Å². The van der Waals surface area contributed by atoms with Gasteiger partial charge in [0.25, 0.3) is 5.91 Å². The number of nitrogens with two attached hydrogens (primary N) is 1. The number of nitrogen functional groups attached to an aromatic ring is 1. The second kappa shape index (κ2) is 5.16. The van der Waals surface area contributed by atoms with Crippen LogP contribution in [0.15, 0.2) is 24.3 Å². The normalized spacial score (nSPS) is 18.7. The molecule has 1 fully saturated rings. The summed E-state index contributed by atoms with van der Waals surface area (Å²) in [6.45, 7) is 2.33. The van der Waals surface area contributed by atoms with Gasteiger partial charge in [0.15, 0.2) is 5.82 Å². The van der Waals surface area contributed by atoms with Crippen LogP contribution in [0.4, 0.5) is 11.5 Å². The largest absolute Gasteiger partial charge is 0.384 e. The highest BCUT2D eigenvalue weighted by Crippen LogP contribution is 2.44. The van der Waals surface area contributed by atoms with Crippen molar-refractivity contribution in [3.63, 3.8) is 0 Å². The van der Waals surface area contributed by atoms with Crippen LogP contribution in [-0.4, -0.2) is 40.6 Å². The summed E-state index contributed by atoms with van der Waals surface area (Å²) in [6, 6.07) is 8.44. The lowest BCUT2D eigenvalue weighted by Crippen LogP contribution is -2.46. The lowest BCUT2D eigenvalue weighted by atomic mass is 9.74. The van der Waals surface area contributed by atoms with Gasteiger partial charge in [-0.05, 0) is 24.5 Å². The van der Waals surface area contributed by atoms with Crippen molar-refractivity contribution in [1.82, 2.24) is 15.1 Å². The van der Waals surface area contributed by atoms with E-state index >= 15 is 0 Å². The van der Waals surface area contributed by atoms with Gasteiger partial charge < -0.3 is 16.0 Å². The molecule has 2 aliphatic rings. The van der Waals surface area contributed by atoms with Crippen LogP contribution >= 0.6 is 11.6 Å². The fourth-order valence-electron chi connectivity index (χ4n) is 3.69. The van der Waals surface area contributed by atoms with Crippen molar-refractivity contribution in [1.29, 1.82) is 0 Å². The number of piperidine rings is 1. The van der Waals surface area contributed by atoms with Crippen LogP contribution in [0, 0.1) is 0 Å². The molecular weight excluding hydrogens is 314 g/mol. The van der Waals surface area contributed by atoms with E-state index in [2.05, 4.69) is 33.7 Å². The van der Waals surface area contributed by atoms with Crippen molar-refractivity contribution in [2.24, 2.45) is 0 Å². The fraction of sp³-hybridized carbons (Fsp3) is 0.375. The Kier molecular flexibility index (Phi) is 3.23. The molecule has 1 saturated heterocycles. The molecule has 2 aliphatic heterocycles. The number of hydrogen-bond donors (Lipinski definition) is 3. The van der Waals surface area contributed by atoms with E-state index in [1.807, 2.05) is 11.0 Å². The van der Waals surface area contributed by atoms with Gasteiger partial charge in [-0.25, -0.2) is 0 Å². The number of fused-ring (bicyclic) bond motifs is 2. The molecule has 4 N–H and O–H groups in total. The molecule has 1 aromatic carbocycles. The quantitative estimate of drug-likeness (QED) is 0.748. The minimum Gasteiger partial charge on any atom is -0.384 e. The molecular formula is C16H18ClN5O. The molecule has 6 nitrogen and oxygen atoms in total. The number of nitrogens with zero attached hydrogens (tertiary/aromatic N) is 2. The second-order valence-electron chi connectivity index (χ2n) is 6.27. The van der Waals surface area contributed by atoms with Gasteiger partial charge in [-0.3, -0.25) is 9.89 Å². The van der Waals surface area contributed by atoms with E-state index in [1.165, 1.54) is 11.3 Å². The number of hydrogen-bond acceptors (Lipinski definition) is 4. The SMILES string of the molecule is Nc1n[nH]c(C(=O)N2CCC3(CC2)CNc2ccccc23)c1Cl. The number of rotatable bonds is 1. The van der Waals surface area contributed by atoms with Gasteiger partial charge in [0, 0.05) is 30.7 Å². The first-order chi connectivity index (χ1) is 11.1. The van der Waals surface area contributed by atoms with Gasteiger partial charge in [0.1, 0.15) is 10.7 Å². The summed E-state index contributed by atoms with van der Waals surface area (Å²) in [5, 5.41) is 10.1. The number of amides is 1. The summed E-state index contributed by atoms with van der Waals surface area (Å²) >= 11 is 6.03. The Balaban J connectivity index is 1.52. The summed E-state index contributed by atoms with van der Waals surface area (Å²) in [7, 11) is 0. The van der Waals surface area contributed by atoms with Crippen molar-refractivity contribution >= 4 is 29.0 Å². The van der Waals surface area contributed by atoms with Gasteiger partial charge in [-0.1, -0.05) is 29.8 Å². The number of anilines is 2. The molecule has 4 rings (SSSR count). The van der Waals surface area contributed by atoms with Crippen LogP contribution in [0.1, 0.15) is 28.9 Å². The maximum atomic E-state index is 12.6. The first kappa shape index (κ1) is 14.4. The van der Waals surface area contributed by atoms with E-state index in [4.69, 9.17) is 17.3 Å². The van der Waals surface area contributed by atoms with Crippen LogP contribution in [0.5, 0.6) is 0 Å². The predicted molar refractivity (Wildman–Crippen MR) is 89.8 cm³/mol. The Hall–Kier alpha value is -2.21. The van der Waals surface area contributed by atoms with Crippen LogP contribution in [0.25, 0.3) is 0 Å². The third-order valence-corrected chi connectivity index (χ3v) is 5.45. The molecule has 1 amide bonds. The van der Waals surface area contributed by atoms with Gasteiger partial charge in [0.2, 0.25) is 0 Å². The molecule has 1 spiro atoms. The highest BCUT2D eigenvalue weighted by atomic mass is 35.5. The molecule has 0 atom stereocenters. The first-order valence-electron chi connectivity index (χ1n) is 7.73. The molecule has 0 saturated carbocycles. The van der Waals surface area contributed by atoms with Crippen molar-refractivity contribution in [3.8, 4) is 0 Å². The summed E-state index contributed by atoms with van der Waals surface area (Å²) in [6.07, 6.45) is 1.87. The van der Waals surface area contributed by atoms with Crippen molar-refractivity contribution in [3.05, 3.63) is 40.5 Å². The molecule has 2 aromatic rings. The maximum absolute atomic E-state index is 12.6. The van der Waals surface area contributed by atoms with Crippen LogP contribution in [-0.2, 0) is 5.41 Å². The number of benzene rings is 1. The van der Waals surface area contributed by atoms with E-state index in [1.54, 1.807) is 0 Å². The van der Waals surface area contributed by atoms with Gasteiger partial charge in [-0.2, -0.15) is 5.10 Å². The Bertz CT molecular complexity index is 764. The molecule has 0 unspecified atom stereocenters. The summed E-state index contributed by atoms with van der Waals surface area (Å²) in [4.78, 5) is 14.4. The van der Waals surface area contributed by atoms with Crippen molar-refractivity contribution in [2.45, 2.75) is 18.3 Å². The molecule has 0 aliphatic carbocycles. The Morgan fingerprint density at radius 3 is 2.74 bits per heavy atom.